The molecule has 1 saturated carbocycles. The van der Waals surface area contributed by atoms with Crippen LogP contribution in [-0.4, -0.2) is 33.0 Å². The van der Waals surface area contributed by atoms with E-state index in [9.17, 15) is 0 Å². The minimum Gasteiger partial charge on any atom is -0.493 e. The highest BCUT2D eigenvalue weighted by molar-refractivity contribution is 5.57. The highest BCUT2D eigenvalue weighted by atomic mass is 16.5. The van der Waals surface area contributed by atoms with E-state index >= 15 is 0 Å². The summed E-state index contributed by atoms with van der Waals surface area (Å²) in [4.78, 5) is 0. The number of rotatable bonds is 5. The predicted molar refractivity (Wildman–Crippen MR) is 64.0 cm³/mol. The first-order valence-electron chi connectivity index (χ1n) is 5.66. The van der Waals surface area contributed by atoms with Crippen LogP contribution in [0.1, 0.15) is 17.9 Å². The molecule has 4 heteroatoms. The van der Waals surface area contributed by atoms with Crippen LogP contribution in [0.5, 0.6) is 17.2 Å². The van der Waals surface area contributed by atoms with Crippen LogP contribution in [0.15, 0.2) is 12.1 Å². The summed E-state index contributed by atoms with van der Waals surface area (Å²) in [5, 5.41) is 9.13. The van der Waals surface area contributed by atoms with Crippen molar-refractivity contribution in [2.45, 2.75) is 12.3 Å². The lowest BCUT2D eigenvalue weighted by atomic mass is 10.1. The van der Waals surface area contributed by atoms with Gasteiger partial charge in [0.1, 0.15) is 0 Å². The van der Waals surface area contributed by atoms with E-state index in [1.165, 1.54) is 0 Å². The Hall–Kier alpha value is -1.42. The third-order valence-electron chi connectivity index (χ3n) is 3.29. The molecule has 1 fully saturated rings. The summed E-state index contributed by atoms with van der Waals surface area (Å²) in [5.41, 5.74) is 1.09. The molecule has 0 heterocycles. The topological polar surface area (TPSA) is 47.9 Å². The minimum atomic E-state index is 0.224. The molecule has 2 unspecified atom stereocenters. The number of benzene rings is 1. The fraction of sp³-hybridized carbons (Fsp3) is 0.538. The Morgan fingerprint density at radius 1 is 1.12 bits per heavy atom. The normalized spacial score (nSPS) is 22.1. The Morgan fingerprint density at radius 3 is 2.29 bits per heavy atom. The third kappa shape index (κ3) is 2.05. The Balaban J connectivity index is 2.40. The van der Waals surface area contributed by atoms with Crippen molar-refractivity contribution >= 4 is 0 Å². The maximum absolute atomic E-state index is 9.13. The first-order chi connectivity index (χ1) is 8.26. The van der Waals surface area contributed by atoms with Crippen molar-refractivity contribution in [3.63, 3.8) is 0 Å². The molecule has 1 aliphatic carbocycles. The third-order valence-corrected chi connectivity index (χ3v) is 3.29. The van der Waals surface area contributed by atoms with E-state index in [1.54, 1.807) is 21.3 Å². The van der Waals surface area contributed by atoms with Gasteiger partial charge in [-0.15, -0.1) is 0 Å². The van der Waals surface area contributed by atoms with E-state index in [0.29, 0.717) is 29.1 Å². The number of methoxy groups -OCH3 is 3. The smallest absolute Gasteiger partial charge is 0.203 e. The number of aliphatic hydroxyl groups excluding tert-OH is 1. The molecular weight excluding hydrogens is 220 g/mol. The van der Waals surface area contributed by atoms with Gasteiger partial charge in [-0.25, -0.2) is 0 Å². The molecule has 4 nitrogen and oxygen atoms in total. The van der Waals surface area contributed by atoms with Gasteiger partial charge in [-0.1, -0.05) is 6.07 Å². The molecule has 17 heavy (non-hydrogen) atoms. The van der Waals surface area contributed by atoms with Gasteiger partial charge in [0.2, 0.25) is 5.75 Å². The standard InChI is InChI=1S/C13H18O4/c1-15-11-5-4-9(10-6-8(10)7-14)12(16-2)13(11)17-3/h4-5,8,10,14H,6-7H2,1-3H3. The van der Waals surface area contributed by atoms with Gasteiger partial charge in [-0.2, -0.15) is 0 Å². The fourth-order valence-corrected chi connectivity index (χ4v) is 2.25. The van der Waals surface area contributed by atoms with E-state index < -0.39 is 0 Å². The van der Waals surface area contributed by atoms with Gasteiger partial charge in [0.15, 0.2) is 11.5 Å². The Labute approximate surface area is 101 Å². The molecule has 94 valence electrons. The molecule has 0 aromatic heterocycles. The van der Waals surface area contributed by atoms with Crippen molar-refractivity contribution in [2.75, 3.05) is 27.9 Å². The molecule has 1 aromatic carbocycles. The molecule has 0 amide bonds. The Bertz CT molecular complexity index is 403. The molecule has 0 saturated heterocycles. The highest BCUT2D eigenvalue weighted by Crippen LogP contribution is 2.53. The van der Waals surface area contributed by atoms with Crippen molar-refractivity contribution < 1.29 is 19.3 Å². The van der Waals surface area contributed by atoms with Gasteiger partial charge in [-0.05, 0) is 24.3 Å². The van der Waals surface area contributed by atoms with Crippen molar-refractivity contribution in [1.82, 2.24) is 0 Å². The number of ether oxygens (including phenoxy) is 3. The number of aliphatic hydroxyl groups is 1. The summed E-state index contributed by atoms with van der Waals surface area (Å²) < 4.78 is 16.0. The summed E-state index contributed by atoms with van der Waals surface area (Å²) in [5.74, 6) is 2.72. The Kier molecular flexibility index (Phi) is 3.43. The maximum atomic E-state index is 9.13. The van der Waals surface area contributed by atoms with Gasteiger partial charge in [0, 0.05) is 12.2 Å². The fourth-order valence-electron chi connectivity index (χ4n) is 2.25. The van der Waals surface area contributed by atoms with E-state index in [1.807, 2.05) is 12.1 Å². The second-order valence-corrected chi connectivity index (χ2v) is 4.21. The first kappa shape index (κ1) is 12.0. The van der Waals surface area contributed by atoms with Crippen molar-refractivity contribution in [3.8, 4) is 17.2 Å². The van der Waals surface area contributed by atoms with Crippen LogP contribution in [0.3, 0.4) is 0 Å². The van der Waals surface area contributed by atoms with Crippen molar-refractivity contribution in [3.05, 3.63) is 17.7 Å². The lowest BCUT2D eigenvalue weighted by Gasteiger charge is -2.15. The lowest BCUT2D eigenvalue weighted by Crippen LogP contribution is -1.99. The molecule has 0 bridgehead atoms. The van der Waals surface area contributed by atoms with Crippen LogP contribution in [0.2, 0.25) is 0 Å². The van der Waals surface area contributed by atoms with E-state index in [4.69, 9.17) is 19.3 Å². The van der Waals surface area contributed by atoms with Crippen LogP contribution in [0, 0.1) is 5.92 Å². The molecule has 0 radical (unpaired) electrons. The largest absolute Gasteiger partial charge is 0.493 e. The zero-order valence-electron chi connectivity index (χ0n) is 10.4. The molecule has 0 spiro atoms. The van der Waals surface area contributed by atoms with E-state index in [0.717, 1.165) is 12.0 Å². The summed E-state index contributed by atoms with van der Waals surface area (Å²) in [6, 6.07) is 3.87. The molecule has 0 aliphatic heterocycles. The second kappa shape index (κ2) is 4.84. The van der Waals surface area contributed by atoms with Gasteiger partial charge in [-0.3, -0.25) is 0 Å². The summed E-state index contributed by atoms with van der Waals surface area (Å²) in [7, 11) is 4.82. The molecule has 2 rings (SSSR count). The predicted octanol–water partition coefficient (Wildman–Crippen LogP) is 1.81. The SMILES string of the molecule is COc1ccc(C2CC2CO)c(OC)c1OC. The zero-order chi connectivity index (χ0) is 12.4. The second-order valence-electron chi connectivity index (χ2n) is 4.21. The summed E-state index contributed by atoms with van der Waals surface area (Å²) >= 11 is 0. The number of hydrogen-bond donors (Lipinski definition) is 1. The van der Waals surface area contributed by atoms with E-state index in [2.05, 4.69) is 0 Å². The van der Waals surface area contributed by atoms with Crippen LogP contribution < -0.4 is 14.2 Å². The molecule has 1 aromatic rings. The van der Waals surface area contributed by atoms with Crippen molar-refractivity contribution in [2.24, 2.45) is 5.92 Å². The average Bonchev–Trinajstić information content (AvgIpc) is 3.15. The quantitative estimate of drug-likeness (QED) is 0.850. The van der Waals surface area contributed by atoms with Gasteiger partial charge >= 0.3 is 0 Å². The first-order valence-corrected chi connectivity index (χ1v) is 5.66. The Morgan fingerprint density at radius 2 is 1.82 bits per heavy atom. The summed E-state index contributed by atoms with van der Waals surface area (Å²) in [6.07, 6.45) is 1.00. The van der Waals surface area contributed by atoms with Crippen molar-refractivity contribution in [1.29, 1.82) is 0 Å². The molecular formula is C13H18O4. The molecule has 1 N–H and O–H groups in total. The van der Waals surface area contributed by atoms with Gasteiger partial charge < -0.3 is 19.3 Å². The van der Waals surface area contributed by atoms with Gasteiger partial charge in [0.25, 0.3) is 0 Å². The summed E-state index contributed by atoms with van der Waals surface area (Å²) in [6.45, 7) is 0.224. The van der Waals surface area contributed by atoms with Crippen LogP contribution >= 0.6 is 0 Å². The monoisotopic (exact) mass is 238 g/mol. The molecule has 1 aliphatic rings. The van der Waals surface area contributed by atoms with E-state index in [-0.39, 0.29) is 6.61 Å². The highest BCUT2D eigenvalue weighted by Gasteiger charge is 2.40. The molecule has 2 atom stereocenters. The van der Waals surface area contributed by atoms with Gasteiger partial charge in [0.05, 0.1) is 21.3 Å². The number of hydrogen-bond acceptors (Lipinski definition) is 4. The maximum Gasteiger partial charge on any atom is 0.203 e. The van der Waals surface area contributed by atoms with Crippen LogP contribution in [0.4, 0.5) is 0 Å². The minimum absolute atomic E-state index is 0.224. The average molecular weight is 238 g/mol. The van der Waals surface area contributed by atoms with Crippen LogP contribution in [-0.2, 0) is 0 Å². The zero-order valence-corrected chi connectivity index (χ0v) is 10.4. The van der Waals surface area contributed by atoms with Crippen LogP contribution in [0.25, 0.3) is 0 Å². The lowest BCUT2D eigenvalue weighted by molar-refractivity contribution is 0.273.